The van der Waals surface area contributed by atoms with Crippen LogP contribution >= 0.6 is 11.3 Å². The maximum absolute atomic E-state index is 3.41. The SMILES string of the molecule is CCc1ccc(CN2CCC(NC)CC2C)s1. The van der Waals surface area contributed by atoms with Crippen molar-refractivity contribution in [3.05, 3.63) is 21.9 Å². The highest BCUT2D eigenvalue weighted by molar-refractivity contribution is 7.11. The summed E-state index contributed by atoms with van der Waals surface area (Å²) in [5.41, 5.74) is 0. The molecule has 1 aromatic rings. The molecule has 2 atom stereocenters. The third kappa shape index (κ3) is 3.30. The van der Waals surface area contributed by atoms with Gasteiger partial charge < -0.3 is 5.32 Å². The summed E-state index contributed by atoms with van der Waals surface area (Å²) >= 11 is 1.98. The first kappa shape index (κ1) is 13.1. The van der Waals surface area contributed by atoms with Crippen molar-refractivity contribution in [2.75, 3.05) is 13.6 Å². The van der Waals surface area contributed by atoms with Crippen LogP contribution in [0.15, 0.2) is 12.1 Å². The van der Waals surface area contributed by atoms with E-state index in [9.17, 15) is 0 Å². The molecular weight excluding hydrogens is 228 g/mol. The van der Waals surface area contributed by atoms with Gasteiger partial charge in [0.05, 0.1) is 0 Å². The van der Waals surface area contributed by atoms with Gasteiger partial charge in [-0.2, -0.15) is 0 Å². The van der Waals surface area contributed by atoms with Crippen LogP contribution in [0.5, 0.6) is 0 Å². The van der Waals surface area contributed by atoms with Crippen molar-refractivity contribution in [2.24, 2.45) is 0 Å². The maximum atomic E-state index is 3.41. The fraction of sp³-hybridized carbons (Fsp3) is 0.714. The number of rotatable bonds is 4. The van der Waals surface area contributed by atoms with Crippen LogP contribution in [0.25, 0.3) is 0 Å². The predicted molar refractivity (Wildman–Crippen MR) is 75.7 cm³/mol. The summed E-state index contributed by atoms with van der Waals surface area (Å²) in [6.45, 7) is 6.96. The number of hydrogen-bond donors (Lipinski definition) is 1. The van der Waals surface area contributed by atoms with Gasteiger partial charge in [0.2, 0.25) is 0 Å². The first-order valence-electron chi connectivity index (χ1n) is 6.71. The third-order valence-electron chi connectivity index (χ3n) is 3.85. The van der Waals surface area contributed by atoms with E-state index < -0.39 is 0 Å². The molecule has 0 bridgehead atoms. The highest BCUT2D eigenvalue weighted by atomic mass is 32.1. The summed E-state index contributed by atoms with van der Waals surface area (Å²) in [4.78, 5) is 5.66. The van der Waals surface area contributed by atoms with Crippen LogP contribution in [-0.4, -0.2) is 30.6 Å². The van der Waals surface area contributed by atoms with E-state index in [1.807, 2.05) is 11.3 Å². The van der Waals surface area contributed by atoms with Crippen LogP contribution in [0.3, 0.4) is 0 Å². The van der Waals surface area contributed by atoms with Crippen molar-refractivity contribution in [2.45, 2.75) is 51.7 Å². The van der Waals surface area contributed by atoms with E-state index >= 15 is 0 Å². The quantitative estimate of drug-likeness (QED) is 0.886. The van der Waals surface area contributed by atoms with Crippen LogP contribution in [0.1, 0.15) is 36.4 Å². The lowest BCUT2D eigenvalue weighted by atomic mass is 9.98. The zero-order chi connectivity index (χ0) is 12.3. The number of piperidine rings is 1. The van der Waals surface area contributed by atoms with Gasteiger partial charge >= 0.3 is 0 Å². The number of aryl methyl sites for hydroxylation is 1. The zero-order valence-electron chi connectivity index (χ0n) is 11.2. The Morgan fingerprint density at radius 3 is 2.76 bits per heavy atom. The number of thiophene rings is 1. The summed E-state index contributed by atoms with van der Waals surface area (Å²) in [5.74, 6) is 0. The molecule has 2 unspecified atom stereocenters. The molecule has 1 fully saturated rings. The average Bonchev–Trinajstić information content (AvgIpc) is 2.79. The van der Waals surface area contributed by atoms with Gasteiger partial charge in [0.1, 0.15) is 0 Å². The van der Waals surface area contributed by atoms with Gasteiger partial charge in [-0.15, -0.1) is 11.3 Å². The van der Waals surface area contributed by atoms with Gasteiger partial charge in [-0.05, 0) is 45.4 Å². The Hall–Kier alpha value is -0.380. The van der Waals surface area contributed by atoms with Gasteiger partial charge in [-0.25, -0.2) is 0 Å². The molecule has 1 saturated heterocycles. The molecule has 0 spiro atoms. The highest BCUT2D eigenvalue weighted by Crippen LogP contribution is 2.23. The molecule has 0 radical (unpaired) electrons. The van der Waals surface area contributed by atoms with Gasteiger partial charge in [-0.1, -0.05) is 6.92 Å². The fourth-order valence-corrected chi connectivity index (χ4v) is 3.60. The van der Waals surface area contributed by atoms with Crippen LogP contribution in [0, 0.1) is 0 Å². The second-order valence-corrected chi connectivity index (χ2v) is 6.30. The maximum Gasteiger partial charge on any atom is 0.0330 e. The van der Waals surface area contributed by atoms with Crippen molar-refractivity contribution in [3.63, 3.8) is 0 Å². The Morgan fingerprint density at radius 1 is 1.41 bits per heavy atom. The molecule has 17 heavy (non-hydrogen) atoms. The smallest absolute Gasteiger partial charge is 0.0330 e. The summed E-state index contributed by atoms with van der Waals surface area (Å²) in [5, 5.41) is 3.41. The molecule has 96 valence electrons. The third-order valence-corrected chi connectivity index (χ3v) is 5.06. The molecule has 1 aromatic heterocycles. The molecule has 2 rings (SSSR count). The summed E-state index contributed by atoms with van der Waals surface area (Å²) in [6, 6.07) is 6.01. The molecule has 0 amide bonds. The van der Waals surface area contributed by atoms with Crippen LogP contribution in [0.4, 0.5) is 0 Å². The lowest BCUT2D eigenvalue weighted by molar-refractivity contribution is 0.132. The van der Waals surface area contributed by atoms with Gasteiger partial charge in [-0.3, -0.25) is 4.90 Å². The Balaban J connectivity index is 1.91. The first-order chi connectivity index (χ1) is 8.22. The average molecular weight is 252 g/mol. The van der Waals surface area contributed by atoms with E-state index in [1.54, 1.807) is 0 Å². The highest BCUT2D eigenvalue weighted by Gasteiger charge is 2.24. The molecule has 3 heteroatoms. The molecule has 1 aliphatic heterocycles. The molecule has 0 aliphatic carbocycles. The molecule has 2 nitrogen and oxygen atoms in total. The van der Waals surface area contributed by atoms with Crippen molar-refractivity contribution >= 4 is 11.3 Å². The Labute approximate surface area is 109 Å². The number of hydrogen-bond acceptors (Lipinski definition) is 3. The van der Waals surface area contributed by atoms with Gasteiger partial charge in [0.25, 0.3) is 0 Å². The fourth-order valence-electron chi connectivity index (χ4n) is 2.62. The minimum absolute atomic E-state index is 0.702. The van der Waals surface area contributed by atoms with Crippen molar-refractivity contribution in [1.29, 1.82) is 0 Å². The normalized spacial score (nSPS) is 26.3. The Morgan fingerprint density at radius 2 is 2.18 bits per heavy atom. The minimum atomic E-state index is 0.702. The lowest BCUT2D eigenvalue weighted by Crippen LogP contribution is -2.45. The molecular formula is C14H24N2S. The first-order valence-corrected chi connectivity index (χ1v) is 7.53. The number of nitrogens with one attached hydrogen (secondary N) is 1. The Kier molecular flexibility index (Phi) is 4.60. The van der Waals surface area contributed by atoms with Crippen LogP contribution < -0.4 is 5.32 Å². The second-order valence-electron chi connectivity index (χ2n) is 5.05. The van der Waals surface area contributed by atoms with E-state index in [0.29, 0.717) is 6.04 Å². The van der Waals surface area contributed by atoms with E-state index in [4.69, 9.17) is 0 Å². The summed E-state index contributed by atoms with van der Waals surface area (Å²) in [7, 11) is 2.08. The standard InChI is InChI=1S/C14H24N2S/c1-4-13-5-6-14(17-13)10-16-8-7-12(15-3)9-11(16)2/h5-6,11-12,15H,4,7-10H2,1-3H3. The summed E-state index contributed by atoms with van der Waals surface area (Å²) < 4.78 is 0. The zero-order valence-corrected chi connectivity index (χ0v) is 12.0. The van der Waals surface area contributed by atoms with Crippen molar-refractivity contribution in [1.82, 2.24) is 10.2 Å². The molecule has 1 aliphatic rings. The lowest BCUT2D eigenvalue weighted by Gasteiger charge is -2.37. The van der Waals surface area contributed by atoms with Crippen LogP contribution in [0.2, 0.25) is 0 Å². The van der Waals surface area contributed by atoms with E-state index in [0.717, 1.165) is 12.6 Å². The van der Waals surface area contributed by atoms with E-state index in [-0.39, 0.29) is 0 Å². The van der Waals surface area contributed by atoms with Crippen molar-refractivity contribution < 1.29 is 0 Å². The second kappa shape index (κ2) is 5.98. The largest absolute Gasteiger partial charge is 0.317 e. The number of likely N-dealkylation sites (tertiary alicyclic amines) is 1. The summed E-state index contributed by atoms with van der Waals surface area (Å²) in [6.07, 6.45) is 3.73. The topological polar surface area (TPSA) is 15.3 Å². The molecule has 1 N–H and O–H groups in total. The molecule has 0 aromatic carbocycles. The minimum Gasteiger partial charge on any atom is -0.317 e. The van der Waals surface area contributed by atoms with Gasteiger partial charge in [0, 0.05) is 34.9 Å². The molecule has 2 heterocycles. The predicted octanol–water partition coefficient (Wildman–Crippen LogP) is 2.88. The van der Waals surface area contributed by atoms with Crippen LogP contribution in [-0.2, 0) is 13.0 Å². The molecule has 0 saturated carbocycles. The monoisotopic (exact) mass is 252 g/mol. The van der Waals surface area contributed by atoms with Crippen molar-refractivity contribution in [3.8, 4) is 0 Å². The Bertz CT molecular complexity index is 348. The van der Waals surface area contributed by atoms with Gasteiger partial charge in [0.15, 0.2) is 0 Å². The van der Waals surface area contributed by atoms with E-state index in [2.05, 4.69) is 43.2 Å². The number of nitrogens with zero attached hydrogens (tertiary/aromatic N) is 1. The van der Waals surface area contributed by atoms with E-state index in [1.165, 1.54) is 35.6 Å².